The van der Waals surface area contributed by atoms with E-state index in [-0.39, 0.29) is 0 Å². The molecule has 20 heavy (non-hydrogen) atoms. The number of hydrogen-bond donors (Lipinski definition) is 0. The van der Waals surface area contributed by atoms with E-state index in [9.17, 15) is 0 Å². The molecule has 0 saturated carbocycles. The molecule has 1 heterocycles. The molecule has 0 unspecified atom stereocenters. The van der Waals surface area contributed by atoms with Crippen LogP contribution in [0, 0.1) is 0 Å². The third-order valence-corrected chi connectivity index (χ3v) is 3.12. The van der Waals surface area contributed by atoms with Crippen LogP contribution < -0.4 is 4.74 Å². The number of ether oxygens (including phenoxy) is 1. The topological polar surface area (TPSA) is 35.0 Å². The fourth-order valence-corrected chi connectivity index (χ4v) is 2.05. The number of nitrogens with zero attached hydrogens (tertiary/aromatic N) is 2. The second kappa shape index (κ2) is 5.53. The zero-order valence-corrected chi connectivity index (χ0v) is 11.2. The molecule has 2 aromatic carbocycles. The summed E-state index contributed by atoms with van der Waals surface area (Å²) >= 11 is 0. The maximum absolute atomic E-state index is 5.23. The molecular formula is C17H14N2O. The van der Waals surface area contributed by atoms with Crippen LogP contribution in [0.2, 0.25) is 0 Å². The Morgan fingerprint density at radius 3 is 2.60 bits per heavy atom. The van der Waals surface area contributed by atoms with Crippen LogP contribution in [0.1, 0.15) is 11.3 Å². The summed E-state index contributed by atoms with van der Waals surface area (Å²) in [7, 11) is 1.68. The van der Waals surface area contributed by atoms with Crippen LogP contribution in [0.4, 0.5) is 0 Å². The zero-order chi connectivity index (χ0) is 13.8. The lowest BCUT2D eigenvalue weighted by Gasteiger charge is -2.03. The third kappa shape index (κ3) is 2.67. The highest BCUT2D eigenvalue weighted by molar-refractivity contribution is 5.87. The summed E-state index contributed by atoms with van der Waals surface area (Å²) in [6.07, 6.45) is 7.31. The molecule has 3 nitrogen and oxygen atoms in total. The minimum absolute atomic E-state index is 0.877. The Labute approximate surface area is 117 Å². The van der Waals surface area contributed by atoms with E-state index in [1.54, 1.807) is 19.6 Å². The minimum Gasteiger partial charge on any atom is -0.497 e. The standard InChI is InChI=1S/C17H14N2O/c1-20-17-7-5-14-10-13(2-4-15(14)11-17)3-6-16-8-9-18-12-19-16/h2-12H,1H3/b6-3+. The van der Waals surface area contributed by atoms with E-state index in [1.807, 2.05) is 30.4 Å². The van der Waals surface area contributed by atoms with Gasteiger partial charge in [0.05, 0.1) is 12.8 Å². The SMILES string of the molecule is COc1ccc2cc(/C=C/c3ccncn3)ccc2c1. The highest BCUT2D eigenvalue weighted by atomic mass is 16.5. The number of benzene rings is 2. The zero-order valence-electron chi connectivity index (χ0n) is 11.2. The van der Waals surface area contributed by atoms with Crippen LogP contribution in [0.15, 0.2) is 55.0 Å². The molecule has 3 heteroatoms. The predicted octanol–water partition coefficient (Wildman–Crippen LogP) is 3.81. The van der Waals surface area contributed by atoms with Crippen molar-refractivity contribution in [1.29, 1.82) is 0 Å². The molecule has 0 saturated heterocycles. The van der Waals surface area contributed by atoms with Crippen molar-refractivity contribution in [2.45, 2.75) is 0 Å². The molecule has 0 amide bonds. The van der Waals surface area contributed by atoms with E-state index >= 15 is 0 Å². The molecular weight excluding hydrogens is 248 g/mol. The first kappa shape index (κ1) is 12.4. The first-order chi connectivity index (χ1) is 9.85. The molecule has 0 aliphatic heterocycles. The Morgan fingerprint density at radius 2 is 1.80 bits per heavy atom. The van der Waals surface area contributed by atoms with Gasteiger partial charge >= 0.3 is 0 Å². The van der Waals surface area contributed by atoms with Crippen molar-refractivity contribution in [2.75, 3.05) is 7.11 Å². The van der Waals surface area contributed by atoms with Gasteiger partial charge in [0.15, 0.2) is 0 Å². The van der Waals surface area contributed by atoms with Gasteiger partial charge in [0.1, 0.15) is 12.1 Å². The van der Waals surface area contributed by atoms with Crippen LogP contribution >= 0.6 is 0 Å². The monoisotopic (exact) mass is 262 g/mol. The Balaban J connectivity index is 1.91. The van der Waals surface area contributed by atoms with E-state index < -0.39 is 0 Å². The molecule has 0 fully saturated rings. The van der Waals surface area contributed by atoms with Gasteiger partial charge in [-0.3, -0.25) is 0 Å². The van der Waals surface area contributed by atoms with E-state index in [0.29, 0.717) is 0 Å². The average Bonchev–Trinajstić information content (AvgIpc) is 2.53. The highest BCUT2D eigenvalue weighted by Gasteiger charge is 1.97. The quantitative estimate of drug-likeness (QED) is 0.720. The maximum atomic E-state index is 5.23. The van der Waals surface area contributed by atoms with E-state index in [0.717, 1.165) is 17.0 Å². The van der Waals surface area contributed by atoms with Gasteiger partial charge in [-0.1, -0.05) is 24.3 Å². The molecule has 0 bridgehead atoms. The second-order valence-electron chi connectivity index (χ2n) is 4.44. The van der Waals surface area contributed by atoms with Crippen LogP contribution in [0.25, 0.3) is 22.9 Å². The van der Waals surface area contributed by atoms with Gasteiger partial charge < -0.3 is 4.74 Å². The van der Waals surface area contributed by atoms with Crippen LogP contribution in [0.3, 0.4) is 0 Å². The van der Waals surface area contributed by atoms with Gasteiger partial charge in [0, 0.05) is 6.20 Å². The van der Waals surface area contributed by atoms with E-state index in [2.05, 4.69) is 34.2 Å². The normalized spacial score (nSPS) is 11.1. The summed E-state index contributed by atoms with van der Waals surface area (Å²) in [5, 5.41) is 2.36. The van der Waals surface area contributed by atoms with Crippen LogP contribution in [-0.2, 0) is 0 Å². The van der Waals surface area contributed by atoms with Gasteiger partial charge in [0.25, 0.3) is 0 Å². The van der Waals surface area contributed by atoms with Gasteiger partial charge in [-0.15, -0.1) is 0 Å². The molecule has 0 atom stereocenters. The molecule has 1 aromatic heterocycles. The minimum atomic E-state index is 0.877. The number of fused-ring (bicyclic) bond motifs is 1. The largest absolute Gasteiger partial charge is 0.497 e. The van der Waals surface area contributed by atoms with Crippen LogP contribution in [-0.4, -0.2) is 17.1 Å². The molecule has 0 aliphatic rings. The average molecular weight is 262 g/mol. The predicted molar refractivity (Wildman–Crippen MR) is 81.5 cm³/mol. The van der Waals surface area contributed by atoms with E-state index in [1.165, 1.54) is 10.8 Å². The number of hydrogen-bond acceptors (Lipinski definition) is 3. The van der Waals surface area contributed by atoms with Crippen molar-refractivity contribution >= 4 is 22.9 Å². The number of rotatable bonds is 3. The molecule has 3 aromatic rings. The summed E-state index contributed by atoms with van der Waals surface area (Å²) < 4.78 is 5.23. The molecule has 0 spiro atoms. The maximum Gasteiger partial charge on any atom is 0.119 e. The lowest BCUT2D eigenvalue weighted by molar-refractivity contribution is 0.415. The summed E-state index contributed by atoms with van der Waals surface area (Å²) in [5.74, 6) is 0.877. The van der Waals surface area contributed by atoms with Crippen molar-refractivity contribution in [2.24, 2.45) is 0 Å². The molecule has 0 N–H and O–H groups in total. The highest BCUT2D eigenvalue weighted by Crippen LogP contribution is 2.22. The molecule has 0 aliphatic carbocycles. The fourth-order valence-electron chi connectivity index (χ4n) is 2.05. The van der Waals surface area contributed by atoms with Gasteiger partial charge in [-0.25, -0.2) is 9.97 Å². The molecule has 0 radical (unpaired) electrons. The summed E-state index contributed by atoms with van der Waals surface area (Å²) in [6.45, 7) is 0. The second-order valence-corrected chi connectivity index (χ2v) is 4.44. The third-order valence-electron chi connectivity index (χ3n) is 3.12. The van der Waals surface area contributed by atoms with Crippen molar-refractivity contribution in [1.82, 2.24) is 9.97 Å². The first-order valence-electron chi connectivity index (χ1n) is 6.37. The Hall–Kier alpha value is -2.68. The first-order valence-corrected chi connectivity index (χ1v) is 6.37. The fraction of sp³-hybridized carbons (Fsp3) is 0.0588. The van der Waals surface area contributed by atoms with Crippen molar-refractivity contribution < 1.29 is 4.74 Å². The lowest BCUT2D eigenvalue weighted by atomic mass is 10.1. The Bertz CT molecular complexity index is 751. The smallest absolute Gasteiger partial charge is 0.119 e. The van der Waals surface area contributed by atoms with Crippen LogP contribution in [0.5, 0.6) is 5.75 Å². The number of methoxy groups -OCH3 is 1. The van der Waals surface area contributed by atoms with Crippen molar-refractivity contribution in [3.63, 3.8) is 0 Å². The molecule has 3 rings (SSSR count). The number of aromatic nitrogens is 2. The summed E-state index contributed by atoms with van der Waals surface area (Å²) in [4.78, 5) is 8.07. The van der Waals surface area contributed by atoms with Gasteiger partial charge in [-0.05, 0) is 46.7 Å². The van der Waals surface area contributed by atoms with Gasteiger partial charge in [0.2, 0.25) is 0 Å². The summed E-state index contributed by atoms with van der Waals surface area (Å²) in [5.41, 5.74) is 2.04. The van der Waals surface area contributed by atoms with Crippen molar-refractivity contribution in [3.05, 3.63) is 66.2 Å². The Kier molecular flexibility index (Phi) is 3.42. The summed E-state index contributed by atoms with van der Waals surface area (Å²) in [6, 6.07) is 14.3. The van der Waals surface area contributed by atoms with E-state index in [4.69, 9.17) is 4.74 Å². The lowest BCUT2D eigenvalue weighted by Crippen LogP contribution is -1.83. The molecule has 98 valence electrons. The van der Waals surface area contributed by atoms with Crippen molar-refractivity contribution in [3.8, 4) is 5.75 Å². The Morgan fingerprint density at radius 1 is 0.950 bits per heavy atom. The van der Waals surface area contributed by atoms with Gasteiger partial charge in [-0.2, -0.15) is 0 Å².